The molecule has 1 aliphatic rings. The Bertz CT molecular complexity index is 478. The predicted octanol–water partition coefficient (Wildman–Crippen LogP) is 2.49. The third-order valence-corrected chi connectivity index (χ3v) is 3.91. The van der Waals surface area contributed by atoms with Gasteiger partial charge in [0.15, 0.2) is 0 Å². The van der Waals surface area contributed by atoms with Gasteiger partial charge in [0.25, 0.3) is 0 Å². The second-order valence-corrected chi connectivity index (χ2v) is 5.20. The lowest BCUT2D eigenvalue weighted by Gasteiger charge is -2.28. The number of imidazole rings is 1. The molecule has 0 atom stereocenters. The summed E-state index contributed by atoms with van der Waals surface area (Å²) in [6.07, 6.45) is 4.85. The maximum Gasteiger partial charge on any atom is 0.201 e. The Morgan fingerprint density at radius 1 is 1.22 bits per heavy atom. The highest BCUT2D eigenvalue weighted by Gasteiger charge is 2.20. The molecule has 4 heteroatoms. The number of benzene rings is 1. The quantitative estimate of drug-likeness (QED) is 0.777. The number of hydrogen-bond donors (Lipinski definition) is 3. The van der Waals surface area contributed by atoms with Gasteiger partial charge in [-0.3, -0.25) is 0 Å². The minimum atomic E-state index is 0.536. The summed E-state index contributed by atoms with van der Waals surface area (Å²) in [5.41, 5.74) is 7.83. The molecule has 0 aliphatic heterocycles. The highest BCUT2D eigenvalue weighted by Crippen LogP contribution is 2.25. The van der Waals surface area contributed by atoms with Crippen LogP contribution in [0.1, 0.15) is 25.7 Å². The standard InChI is InChI=1S/C14H20N4/c15-9-10-5-7-11(8-6-10)16-14-17-12-3-1-2-4-13(12)18-14/h1-4,10-11H,5-9,15H2,(H2,16,17,18)/t10-,11-. The maximum atomic E-state index is 5.71. The molecule has 1 fully saturated rings. The Balaban J connectivity index is 1.66. The van der Waals surface area contributed by atoms with Gasteiger partial charge in [-0.1, -0.05) is 12.1 Å². The van der Waals surface area contributed by atoms with Crippen molar-refractivity contribution in [3.05, 3.63) is 24.3 Å². The molecule has 3 rings (SSSR count). The molecule has 4 N–H and O–H groups in total. The first-order valence-corrected chi connectivity index (χ1v) is 6.76. The van der Waals surface area contributed by atoms with Gasteiger partial charge < -0.3 is 16.0 Å². The van der Waals surface area contributed by atoms with Crippen LogP contribution in [0.25, 0.3) is 11.0 Å². The Labute approximate surface area is 107 Å². The zero-order valence-electron chi connectivity index (χ0n) is 10.5. The SMILES string of the molecule is NC[C@H]1CC[C@H](Nc2nc3ccccc3[nH]2)CC1. The second kappa shape index (κ2) is 4.98. The van der Waals surface area contributed by atoms with Gasteiger partial charge in [0.2, 0.25) is 5.95 Å². The van der Waals surface area contributed by atoms with Crippen LogP contribution >= 0.6 is 0 Å². The van der Waals surface area contributed by atoms with E-state index in [1.54, 1.807) is 0 Å². The third kappa shape index (κ3) is 2.34. The summed E-state index contributed by atoms with van der Waals surface area (Å²) in [7, 11) is 0. The summed E-state index contributed by atoms with van der Waals surface area (Å²) in [5.74, 6) is 1.62. The lowest BCUT2D eigenvalue weighted by molar-refractivity contribution is 0.344. The molecule has 1 aliphatic carbocycles. The summed E-state index contributed by atoms with van der Waals surface area (Å²) >= 11 is 0. The number of para-hydroxylation sites is 2. The number of H-pyrrole nitrogens is 1. The van der Waals surface area contributed by atoms with Gasteiger partial charge in [0, 0.05) is 6.04 Å². The molecule has 1 heterocycles. The lowest BCUT2D eigenvalue weighted by atomic mass is 9.86. The first-order valence-electron chi connectivity index (χ1n) is 6.76. The van der Waals surface area contributed by atoms with Gasteiger partial charge in [-0.2, -0.15) is 0 Å². The molecule has 1 aromatic heterocycles. The van der Waals surface area contributed by atoms with E-state index in [0.29, 0.717) is 6.04 Å². The fourth-order valence-corrected chi connectivity index (χ4v) is 2.76. The number of aromatic amines is 1. The minimum absolute atomic E-state index is 0.536. The van der Waals surface area contributed by atoms with Crippen molar-refractivity contribution in [3.8, 4) is 0 Å². The summed E-state index contributed by atoms with van der Waals surface area (Å²) in [6, 6.07) is 8.66. The van der Waals surface area contributed by atoms with E-state index in [0.717, 1.165) is 29.4 Å². The number of aromatic nitrogens is 2. The molecule has 0 bridgehead atoms. The number of nitrogens with two attached hydrogens (primary N) is 1. The number of nitrogens with zero attached hydrogens (tertiary/aromatic N) is 1. The molecule has 1 aromatic carbocycles. The number of fused-ring (bicyclic) bond motifs is 1. The van der Waals surface area contributed by atoms with Crippen molar-refractivity contribution in [1.29, 1.82) is 0 Å². The van der Waals surface area contributed by atoms with Crippen molar-refractivity contribution in [2.24, 2.45) is 11.7 Å². The van der Waals surface area contributed by atoms with Crippen LogP contribution in [-0.4, -0.2) is 22.6 Å². The third-order valence-electron chi connectivity index (χ3n) is 3.91. The molecule has 18 heavy (non-hydrogen) atoms. The average molecular weight is 244 g/mol. The average Bonchev–Trinajstić information content (AvgIpc) is 2.82. The van der Waals surface area contributed by atoms with E-state index in [1.807, 2.05) is 18.2 Å². The van der Waals surface area contributed by atoms with Crippen molar-refractivity contribution < 1.29 is 0 Å². The molecule has 0 spiro atoms. The normalized spacial score (nSPS) is 24.3. The van der Waals surface area contributed by atoms with Crippen LogP contribution in [0.5, 0.6) is 0 Å². The maximum absolute atomic E-state index is 5.71. The smallest absolute Gasteiger partial charge is 0.201 e. The van der Waals surface area contributed by atoms with Crippen LogP contribution in [-0.2, 0) is 0 Å². The molecular formula is C14H20N4. The van der Waals surface area contributed by atoms with Gasteiger partial charge in [0.05, 0.1) is 11.0 Å². The summed E-state index contributed by atoms with van der Waals surface area (Å²) in [4.78, 5) is 7.88. The number of nitrogens with one attached hydrogen (secondary N) is 2. The van der Waals surface area contributed by atoms with Gasteiger partial charge in [0.1, 0.15) is 0 Å². The van der Waals surface area contributed by atoms with Crippen LogP contribution in [0.4, 0.5) is 5.95 Å². The van der Waals surface area contributed by atoms with Crippen molar-refractivity contribution >= 4 is 17.0 Å². The van der Waals surface area contributed by atoms with E-state index >= 15 is 0 Å². The molecule has 0 radical (unpaired) electrons. The molecule has 1 saturated carbocycles. The Morgan fingerprint density at radius 3 is 2.72 bits per heavy atom. The summed E-state index contributed by atoms with van der Waals surface area (Å²) in [6.45, 7) is 0.831. The fourth-order valence-electron chi connectivity index (χ4n) is 2.76. The first kappa shape index (κ1) is 11.5. The van der Waals surface area contributed by atoms with Gasteiger partial charge >= 0.3 is 0 Å². The molecule has 0 amide bonds. The van der Waals surface area contributed by atoms with E-state index in [4.69, 9.17) is 5.73 Å². The molecule has 96 valence electrons. The van der Waals surface area contributed by atoms with Gasteiger partial charge in [-0.05, 0) is 50.3 Å². The lowest BCUT2D eigenvalue weighted by Crippen LogP contribution is -2.29. The zero-order valence-corrected chi connectivity index (χ0v) is 10.5. The number of anilines is 1. The first-order chi connectivity index (χ1) is 8.85. The van der Waals surface area contributed by atoms with E-state index in [2.05, 4.69) is 21.4 Å². The second-order valence-electron chi connectivity index (χ2n) is 5.20. The van der Waals surface area contributed by atoms with Gasteiger partial charge in [-0.25, -0.2) is 4.98 Å². The van der Waals surface area contributed by atoms with E-state index in [-0.39, 0.29) is 0 Å². The fraction of sp³-hybridized carbons (Fsp3) is 0.500. The van der Waals surface area contributed by atoms with Crippen molar-refractivity contribution in [2.75, 3.05) is 11.9 Å². The molecule has 4 nitrogen and oxygen atoms in total. The van der Waals surface area contributed by atoms with Crippen LogP contribution < -0.4 is 11.1 Å². The molecule has 0 unspecified atom stereocenters. The number of hydrogen-bond acceptors (Lipinski definition) is 3. The Hall–Kier alpha value is -1.55. The van der Waals surface area contributed by atoms with Crippen molar-refractivity contribution in [3.63, 3.8) is 0 Å². The van der Waals surface area contributed by atoms with Crippen LogP contribution in [0.2, 0.25) is 0 Å². The molecular weight excluding hydrogens is 224 g/mol. The highest BCUT2D eigenvalue weighted by molar-refractivity contribution is 5.77. The van der Waals surface area contributed by atoms with Crippen LogP contribution in [0.15, 0.2) is 24.3 Å². The largest absolute Gasteiger partial charge is 0.353 e. The predicted molar refractivity (Wildman–Crippen MR) is 74.5 cm³/mol. The van der Waals surface area contributed by atoms with Crippen molar-refractivity contribution in [2.45, 2.75) is 31.7 Å². The summed E-state index contributed by atoms with van der Waals surface area (Å²) < 4.78 is 0. The van der Waals surface area contributed by atoms with Gasteiger partial charge in [-0.15, -0.1) is 0 Å². The molecule has 0 saturated heterocycles. The molecule has 2 aromatic rings. The Kier molecular flexibility index (Phi) is 3.19. The van der Waals surface area contributed by atoms with E-state index < -0.39 is 0 Å². The topological polar surface area (TPSA) is 66.7 Å². The summed E-state index contributed by atoms with van der Waals surface area (Å²) in [5, 5.41) is 3.51. The van der Waals surface area contributed by atoms with Crippen LogP contribution in [0.3, 0.4) is 0 Å². The van der Waals surface area contributed by atoms with E-state index in [1.165, 1.54) is 25.7 Å². The van der Waals surface area contributed by atoms with Crippen molar-refractivity contribution in [1.82, 2.24) is 9.97 Å². The highest BCUT2D eigenvalue weighted by atomic mass is 15.1. The zero-order chi connectivity index (χ0) is 12.4. The monoisotopic (exact) mass is 244 g/mol. The van der Waals surface area contributed by atoms with Crippen LogP contribution in [0, 0.1) is 5.92 Å². The Morgan fingerprint density at radius 2 is 2.00 bits per heavy atom. The number of rotatable bonds is 3. The van der Waals surface area contributed by atoms with E-state index in [9.17, 15) is 0 Å². The minimum Gasteiger partial charge on any atom is -0.353 e.